The molecule has 0 saturated heterocycles. The third kappa shape index (κ3) is 2.34. The topological polar surface area (TPSA) is 29.1 Å². The van der Waals surface area contributed by atoms with E-state index in [1.165, 1.54) is 6.07 Å². The van der Waals surface area contributed by atoms with Gasteiger partial charge in [-0.15, -0.1) is 0 Å². The summed E-state index contributed by atoms with van der Waals surface area (Å²) < 4.78 is 26.6. The van der Waals surface area contributed by atoms with Gasteiger partial charge in [-0.05, 0) is 47.9 Å². The van der Waals surface area contributed by atoms with Crippen molar-refractivity contribution in [2.24, 2.45) is 0 Å². The molecule has 1 aromatic rings. The zero-order valence-corrected chi connectivity index (χ0v) is 10.6. The molecule has 1 N–H and O–H groups in total. The molecular weight excluding hydrogens is 327 g/mol. The highest BCUT2D eigenvalue weighted by Gasteiger charge is 2.22. The molecule has 2 nitrogen and oxygen atoms in total. The Morgan fingerprint density at radius 2 is 2.00 bits per heavy atom. The number of rotatable bonds is 2. The number of hydrogen-bond donors (Lipinski definition) is 1. The van der Waals surface area contributed by atoms with Crippen LogP contribution in [0.3, 0.4) is 0 Å². The van der Waals surface area contributed by atoms with Gasteiger partial charge >= 0.3 is 0 Å². The molecule has 16 heavy (non-hydrogen) atoms. The van der Waals surface area contributed by atoms with Crippen molar-refractivity contribution in [3.8, 4) is 0 Å². The summed E-state index contributed by atoms with van der Waals surface area (Å²) in [4.78, 5) is 11.7. The van der Waals surface area contributed by atoms with E-state index in [1.54, 1.807) is 22.6 Å². The van der Waals surface area contributed by atoms with Crippen LogP contribution in [0, 0.1) is 15.2 Å². The first-order valence-corrected chi connectivity index (χ1v) is 6.11. The van der Waals surface area contributed by atoms with Crippen LogP contribution in [-0.2, 0) is 0 Å². The second kappa shape index (κ2) is 4.65. The van der Waals surface area contributed by atoms with Crippen LogP contribution in [0.15, 0.2) is 12.1 Å². The van der Waals surface area contributed by atoms with Crippen LogP contribution in [0.4, 0.5) is 8.78 Å². The second-order valence-electron chi connectivity index (χ2n) is 3.85. The zero-order valence-electron chi connectivity index (χ0n) is 8.40. The molecule has 0 radical (unpaired) electrons. The van der Waals surface area contributed by atoms with Crippen LogP contribution in [0.1, 0.15) is 29.6 Å². The smallest absolute Gasteiger partial charge is 0.254 e. The predicted molar refractivity (Wildman–Crippen MR) is 64.2 cm³/mol. The van der Waals surface area contributed by atoms with Gasteiger partial charge in [0.25, 0.3) is 5.91 Å². The summed E-state index contributed by atoms with van der Waals surface area (Å²) in [5.74, 6) is -1.91. The maximum Gasteiger partial charge on any atom is 0.254 e. The van der Waals surface area contributed by atoms with E-state index in [2.05, 4.69) is 5.32 Å². The maximum absolute atomic E-state index is 13.3. The number of amides is 1. The monoisotopic (exact) mass is 337 g/mol. The van der Waals surface area contributed by atoms with Gasteiger partial charge < -0.3 is 5.32 Å². The van der Waals surface area contributed by atoms with Gasteiger partial charge in [-0.25, -0.2) is 8.78 Å². The Balaban J connectivity index is 2.18. The van der Waals surface area contributed by atoms with E-state index >= 15 is 0 Å². The van der Waals surface area contributed by atoms with Crippen molar-refractivity contribution in [2.75, 3.05) is 0 Å². The van der Waals surface area contributed by atoms with E-state index in [0.29, 0.717) is 0 Å². The highest BCUT2D eigenvalue weighted by atomic mass is 127. The molecule has 1 aromatic carbocycles. The average Bonchev–Trinajstić information content (AvgIpc) is 2.17. The first kappa shape index (κ1) is 11.8. The molecule has 0 aliphatic heterocycles. The van der Waals surface area contributed by atoms with Gasteiger partial charge in [0.1, 0.15) is 11.6 Å². The fourth-order valence-electron chi connectivity index (χ4n) is 1.51. The summed E-state index contributed by atoms with van der Waals surface area (Å²) in [7, 11) is 0. The number of nitrogens with one attached hydrogen (secondary N) is 1. The molecule has 1 amide bonds. The Morgan fingerprint density at radius 1 is 1.31 bits per heavy atom. The molecule has 86 valence electrons. The van der Waals surface area contributed by atoms with E-state index in [1.807, 2.05) is 0 Å². The van der Waals surface area contributed by atoms with Gasteiger partial charge in [0.05, 0.1) is 5.56 Å². The molecule has 1 fully saturated rings. The van der Waals surface area contributed by atoms with Crippen molar-refractivity contribution >= 4 is 28.5 Å². The van der Waals surface area contributed by atoms with Crippen LogP contribution in [-0.4, -0.2) is 11.9 Å². The van der Waals surface area contributed by atoms with Crippen molar-refractivity contribution in [2.45, 2.75) is 25.3 Å². The summed E-state index contributed by atoms with van der Waals surface area (Å²) in [6.07, 6.45) is 2.96. The molecule has 0 spiro atoms. The average molecular weight is 337 g/mol. The molecule has 5 heteroatoms. The zero-order chi connectivity index (χ0) is 11.7. The highest BCUT2D eigenvalue weighted by Crippen LogP contribution is 2.20. The molecule has 1 saturated carbocycles. The molecule has 1 aliphatic carbocycles. The summed E-state index contributed by atoms with van der Waals surface area (Å²) in [6.45, 7) is 0. The van der Waals surface area contributed by atoms with Crippen LogP contribution in [0.25, 0.3) is 0 Å². The number of carbonyl (C=O) groups excluding carboxylic acids is 1. The van der Waals surface area contributed by atoms with Gasteiger partial charge in [-0.3, -0.25) is 4.79 Å². The summed E-state index contributed by atoms with van der Waals surface area (Å²) >= 11 is 1.74. The minimum atomic E-state index is -0.810. The first-order chi connectivity index (χ1) is 7.58. The third-order valence-corrected chi connectivity index (χ3v) is 3.52. The van der Waals surface area contributed by atoms with Gasteiger partial charge in [0, 0.05) is 15.7 Å². The van der Waals surface area contributed by atoms with Gasteiger partial charge in [0.2, 0.25) is 0 Å². The maximum atomic E-state index is 13.3. The largest absolute Gasteiger partial charge is 0.349 e. The SMILES string of the molecule is O=C(NC1CCC1)c1cc(I)c(F)cc1F. The van der Waals surface area contributed by atoms with Crippen molar-refractivity contribution in [1.82, 2.24) is 5.32 Å². The molecule has 0 unspecified atom stereocenters. The van der Waals surface area contributed by atoms with E-state index < -0.39 is 17.5 Å². The number of carbonyl (C=O) groups is 1. The van der Waals surface area contributed by atoms with E-state index in [0.717, 1.165) is 25.3 Å². The molecule has 0 bridgehead atoms. The van der Waals surface area contributed by atoms with Gasteiger partial charge in [0.15, 0.2) is 0 Å². The van der Waals surface area contributed by atoms with Crippen LogP contribution >= 0.6 is 22.6 Å². The standard InChI is InChI=1S/C11H10F2INO/c12-8-5-9(13)10(14)4-7(8)11(16)15-6-2-1-3-6/h4-6H,1-3H2,(H,15,16). The lowest BCUT2D eigenvalue weighted by Crippen LogP contribution is -2.39. The molecule has 1 aliphatic rings. The predicted octanol–water partition coefficient (Wildman–Crippen LogP) is 2.85. The fraction of sp³-hybridized carbons (Fsp3) is 0.364. The lowest BCUT2D eigenvalue weighted by molar-refractivity contribution is 0.0912. The minimum absolute atomic E-state index is 0.0855. The number of benzene rings is 1. The van der Waals surface area contributed by atoms with E-state index in [9.17, 15) is 13.6 Å². The van der Waals surface area contributed by atoms with Crippen LogP contribution < -0.4 is 5.32 Å². The Hall–Kier alpha value is -0.720. The number of hydrogen-bond acceptors (Lipinski definition) is 1. The third-order valence-electron chi connectivity index (χ3n) is 2.69. The number of halogens is 3. The minimum Gasteiger partial charge on any atom is -0.349 e. The van der Waals surface area contributed by atoms with Crippen molar-refractivity contribution < 1.29 is 13.6 Å². The molecular formula is C11H10F2INO. The highest BCUT2D eigenvalue weighted by molar-refractivity contribution is 14.1. The lowest BCUT2D eigenvalue weighted by atomic mass is 9.93. The second-order valence-corrected chi connectivity index (χ2v) is 5.01. The van der Waals surface area contributed by atoms with Crippen LogP contribution in [0.5, 0.6) is 0 Å². The summed E-state index contributed by atoms with van der Waals surface area (Å²) in [5, 5.41) is 2.72. The van der Waals surface area contributed by atoms with Crippen molar-refractivity contribution in [3.05, 3.63) is 32.9 Å². The van der Waals surface area contributed by atoms with E-state index in [4.69, 9.17) is 0 Å². The lowest BCUT2D eigenvalue weighted by Gasteiger charge is -2.26. The first-order valence-electron chi connectivity index (χ1n) is 5.03. The fourth-order valence-corrected chi connectivity index (χ4v) is 1.98. The van der Waals surface area contributed by atoms with Crippen molar-refractivity contribution in [1.29, 1.82) is 0 Å². The van der Waals surface area contributed by atoms with Gasteiger partial charge in [-0.2, -0.15) is 0 Å². The molecule has 0 atom stereocenters. The van der Waals surface area contributed by atoms with Gasteiger partial charge in [-0.1, -0.05) is 0 Å². The van der Waals surface area contributed by atoms with E-state index in [-0.39, 0.29) is 15.2 Å². The van der Waals surface area contributed by atoms with Crippen molar-refractivity contribution in [3.63, 3.8) is 0 Å². The Kier molecular flexibility index (Phi) is 3.41. The summed E-state index contributed by atoms with van der Waals surface area (Å²) in [5.41, 5.74) is -0.0855. The Labute approximate surface area is 106 Å². The quantitative estimate of drug-likeness (QED) is 0.653. The molecule has 0 heterocycles. The summed E-state index contributed by atoms with van der Waals surface area (Å²) in [6, 6.07) is 2.13. The molecule has 2 rings (SSSR count). The normalized spacial score (nSPS) is 15.7. The molecule has 0 aromatic heterocycles. The Morgan fingerprint density at radius 3 is 2.56 bits per heavy atom. The Bertz CT molecular complexity index is 432. The van der Waals surface area contributed by atoms with Crippen LogP contribution in [0.2, 0.25) is 0 Å².